The molecule has 0 aliphatic rings. The number of fused-ring (bicyclic) bond motifs is 1. The number of thiazole rings is 1. The Morgan fingerprint density at radius 3 is 2.35 bits per heavy atom. The second kappa shape index (κ2) is 10.2. The van der Waals surface area contributed by atoms with Gasteiger partial charge in [-0.25, -0.2) is 9.97 Å². The zero-order valence-electron chi connectivity index (χ0n) is 14.0. The number of nitrogens with zero attached hydrogens (tertiary/aromatic N) is 2. The number of ether oxygens (including phenoxy) is 2. The summed E-state index contributed by atoms with van der Waals surface area (Å²) in [5, 5.41) is 1.47. The molecule has 0 radical (unpaired) electrons. The summed E-state index contributed by atoms with van der Waals surface area (Å²) in [6, 6.07) is 9.29. The molecule has 0 saturated heterocycles. The number of halogens is 1. The van der Waals surface area contributed by atoms with Gasteiger partial charge in [-0.3, -0.25) is 0 Å². The minimum absolute atomic E-state index is 0.419. The molecule has 2 aromatic heterocycles. The molecule has 0 bridgehead atoms. The Kier molecular flexibility index (Phi) is 8.55. The summed E-state index contributed by atoms with van der Waals surface area (Å²) < 4.78 is 11.1. The van der Waals surface area contributed by atoms with Gasteiger partial charge in [-0.15, -0.1) is 11.3 Å². The van der Waals surface area contributed by atoms with Crippen LogP contribution in [0, 0.1) is 6.92 Å². The van der Waals surface area contributed by atoms with Crippen LogP contribution in [0.4, 0.5) is 0 Å². The summed E-state index contributed by atoms with van der Waals surface area (Å²) in [5.41, 5.74) is 0.998. The number of methoxy groups -OCH3 is 1. The Hall–Kier alpha value is -1.69. The van der Waals surface area contributed by atoms with Crippen molar-refractivity contribution in [1.29, 1.82) is 0 Å². The van der Waals surface area contributed by atoms with Crippen molar-refractivity contribution >= 4 is 33.2 Å². The maximum atomic E-state index is 5.81. The van der Waals surface area contributed by atoms with Crippen LogP contribution in [0.1, 0.15) is 18.9 Å². The van der Waals surface area contributed by atoms with Gasteiger partial charge in [0.2, 0.25) is 0 Å². The van der Waals surface area contributed by atoms with E-state index < -0.39 is 0 Å². The van der Waals surface area contributed by atoms with E-state index >= 15 is 0 Å². The lowest BCUT2D eigenvalue weighted by atomic mass is 10.3. The van der Waals surface area contributed by atoms with Gasteiger partial charge in [0, 0.05) is 32.5 Å². The van der Waals surface area contributed by atoms with Gasteiger partial charge in [0.15, 0.2) is 0 Å². The van der Waals surface area contributed by atoms with E-state index in [1.54, 1.807) is 43.9 Å². The lowest BCUT2D eigenvalue weighted by Gasteiger charge is -2.05. The minimum atomic E-state index is 0.419. The quantitative estimate of drug-likeness (QED) is 0.552. The Morgan fingerprint density at radius 1 is 1.04 bits per heavy atom. The van der Waals surface area contributed by atoms with Crippen molar-refractivity contribution < 1.29 is 9.47 Å². The highest BCUT2D eigenvalue weighted by molar-refractivity contribution is 7.18. The Morgan fingerprint density at radius 2 is 1.70 bits per heavy atom. The predicted molar refractivity (Wildman–Crippen MR) is 98.0 cm³/mol. The summed E-state index contributed by atoms with van der Waals surface area (Å²) in [6.07, 6.45) is 1.62. The van der Waals surface area contributed by atoms with Gasteiger partial charge in [0.25, 0.3) is 0 Å². The normalized spacial score (nSPS) is 9.48. The SMILES string of the molecule is CC.COC.Cc1nc2ccc(Oc3ccnc(Cl)c3)cc2s1. The Balaban J connectivity index is 0.000000477. The van der Waals surface area contributed by atoms with Gasteiger partial charge in [-0.1, -0.05) is 25.4 Å². The van der Waals surface area contributed by atoms with Crippen LogP contribution in [0.25, 0.3) is 10.2 Å². The number of hydrogen-bond donors (Lipinski definition) is 0. The highest BCUT2D eigenvalue weighted by atomic mass is 35.5. The Labute approximate surface area is 146 Å². The lowest BCUT2D eigenvalue weighted by molar-refractivity contribution is 0.277. The first-order valence-electron chi connectivity index (χ1n) is 7.19. The molecular weight excluding hydrogens is 332 g/mol. The Bertz CT molecular complexity index is 731. The molecule has 3 aromatic rings. The van der Waals surface area contributed by atoms with Gasteiger partial charge in [0.1, 0.15) is 16.7 Å². The molecule has 23 heavy (non-hydrogen) atoms. The number of pyridine rings is 1. The van der Waals surface area contributed by atoms with Crippen LogP contribution in [-0.4, -0.2) is 24.2 Å². The predicted octanol–water partition coefficient (Wildman–Crippen LogP) is 5.73. The van der Waals surface area contributed by atoms with Gasteiger partial charge in [0.05, 0.1) is 15.2 Å². The molecule has 4 nitrogen and oxygen atoms in total. The molecule has 0 fully saturated rings. The van der Waals surface area contributed by atoms with E-state index in [4.69, 9.17) is 16.3 Å². The molecule has 3 rings (SSSR count). The van der Waals surface area contributed by atoms with Crippen molar-refractivity contribution in [1.82, 2.24) is 9.97 Å². The third-order valence-electron chi connectivity index (χ3n) is 2.40. The first kappa shape index (κ1) is 19.4. The smallest absolute Gasteiger partial charge is 0.132 e. The third kappa shape index (κ3) is 6.14. The van der Waals surface area contributed by atoms with Crippen LogP contribution in [0.3, 0.4) is 0 Å². The molecule has 0 N–H and O–H groups in total. The summed E-state index contributed by atoms with van der Waals surface area (Å²) in [6.45, 7) is 5.99. The monoisotopic (exact) mass is 352 g/mol. The fourth-order valence-electron chi connectivity index (χ4n) is 1.67. The average Bonchev–Trinajstić information content (AvgIpc) is 2.89. The molecule has 0 spiro atoms. The van der Waals surface area contributed by atoms with Crippen LogP contribution in [0.5, 0.6) is 11.5 Å². The first-order valence-corrected chi connectivity index (χ1v) is 8.38. The molecule has 0 atom stereocenters. The summed E-state index contributed by atoms with van der Waals surface area (Å²) in [7, 11) is 3.25. The van der Waals surface area contributed by atoms with E-state index in [1.165, 1.54) is 0 Å². The molecule has 2 heterocycles. The van der Waals surface area contributed by atoms with Crippen LogP contribution >= 0.6 is 22.9 Å². The minimum Gasteiger partial charge on any atom is -0.457 e. The van der Waals surface area contributed by atoms with E-state index in [2.05, 4.69) is 14.7 Å². The van der Waals surface area contributed by atoms with E-state index in [-0.39, 0.29) is 0 Å². The second-order valence-corrected chi connectivity index (χ2v) is 5.81. The fourth-order valence-corrected chi connectivity index (χ4v) is 2.69. The van der Waals surface area contributed by atoms with Crippen LogP contribution in [0.15, 0.2) is 36.5 Å². The summed E-state index contributed by atoms with van der Waals surface area (Å²) in [5.74, 6) is 1.45. The van der Waals surface area contributed by atoms with Crippen LogP contribution in [0.2, 0.25) is 5.15 Å². The van der Waals surface area contributed by atoms with Crippen molar-refractivity contribution in [2.24, 2.45) is 0 Å². The van der Waals surface area contributed by atoms with Gasteiger partial charge < -0.3 is 9.47 Å². The third-order valence-corrected chi connectivity index (χ3v) is 3.54. The zero-order chi connectivity index (χ0) is 17.2. The maximum absolute atomic E-state index is 5.81. The van der Waals surface area contributed by atoms with Gasteiger partial charge in [-0.2, -0.15) is 0 Å². The first-order chi connectivity index (χ1) is 11.1. The van der Waals surface area contributed by atoms with Crippen molar-refractivity contribution in [3.63, 3.8) is 0 Å². The van der Waals surface area contributed by atoms with Crippen molar-refractivity contribution in [2.75, 3.05) is 14.2 Å². The van der Waals surface area contributed by atoms with Crippen LogP contribution < -0.4 is 4.74 Å². The lowest BCUT2D eigenvalue weighted by Crippen LogP contribution is -1.84. The number of benzene rings is 1. The van der Waals surface area contributed by atoms with Gasteiger partial charge >= 0.3 is 0 Å². The van der Waals surface area contributed by atoms with Gasteiger partial charge in [-0.05, 0) is 25.1 Å². The van der Waals surface area contributed by atoms with E-state index in [0.717, 1.165) is 21.0 Å². The number of aromatic nitrogens is 2. The van der Waals surface area contributed by atoms with Crippen LogP contribution in [-0.2, 0) is 4.74 Å². The van der Waals surface area contributed by atoms with E-state index in [0.29, 0.717) is 10.9 Å². The van der Waals surface area contributed by atoms with Crippen molar-refractivity contribution in [3.8, 4) is 11.5 Å². The fraction of sp³-hybridized carbons (Fsp3) is 0.294. The maximum Gasteiger partial charge on any atom is 0.132 e. The summed E-state index contributed by atoms with van der Waals surface area (Å²) in [4.78, 5) is 8.32. The molecule has 124 valence electrons. The molecule has 0 saturated carbocycles. The number of hydrogen-bond acceptors (Lipinski definition) is 5. The molecular formula is C17H21ClN2O2S. The molecule has 1 aromatic carbocycles. The molecule has 6 heteroatoms. The van der Waals surface area contributed by atoms with Crippen molar-refractivity contribution in [3.05, 3.63) is 46.7 Å². The topological polar surface area (TPSA) is 44.2 Å². The largest absolute Gasteiger partial charge is 0.457 e. The second-order valence-electron chi connectivity index (χ2n) is 4.19. The average molecular weight is 353 g/mol. The molecule has 0 aliphatic carbocycles. The van der Waals surface area contributed by atoms with E-state index in [9.17, 15) is 0 Å². The number of rotatable bonds is 2. The zero-order valence-corrected chi connectivity index (χ0v) is 15.5. The highest BCUT2D eigenvalue weighted by Crippen LogP contribution is 2.29. The highest BCUT2D eigenvalue weighted by Gasteiger charge is 2.04. The number of aryl methyl sites for hydroxylation is 1. The molecule has 0 aliphatic heterocycles. The molecule has 0 amide bonds. The standard InChI is InChI=1S/C13H9ClN2OS.C2H6O.C2H6/c1-8-16-11-3-2-9(6-12(11)18-8)17-10-4-5-15-13(14)7-10;1-3-2;1-2/h2-7H,1H3;1-2H3;1-2H3. The van der Waals surface area contributed by atoms with E-state index in [1.807, 2.05) is 39.0 Å². The summed E-state index contributed by atoms with van der Waals surface area (Å²) >= 11 is 7.46. The molecule has 0 unspecified atom stereocenters. The van der Waals surface area contributed by atoms with Crippen molar-refractivity contribution in [2.45, 2.75) is 20.8 Å².